The van der Waals surface area contributed by atoms with Crippen LogP contribution in [0.3, 0.4) is 0 Å². The summed E-state index contributed by atoms with van der Waals surface area (Å²) in [5, 5.41) is 12.7. The highest BCUT2D eigenvalue weighted by Crippen LogP contribution is 2.38. The largest absolute Gasteiger partial charge is 0.464 e. The number of allylic oxidation sites excluding steroid dienone is 1. The molecular weight excluding hydrogens is 453 g/mol. The van der Waals surface area contributed by atoms with E-state index in [-0.39, 0.29) is 36.1 Å². The zero-order chi connectivity index (χ0) is 24.8. The quantitative estimate of drug-likeness (QED) is 0.480. The Labute approximate surface area is 202 Å². The fourth-order valence-corrected chi connectivity index (χ4v) is 4.32. The molecule has 0 aliphatic carbocycles. The van der Waals surface area contributed by atoms with Gasteiger partial charge in [0.15, 0.2) is 11.2 Å². The van der Waals surface area contributed by atoms with Gasteiger partial charge in [0.05, 0.1) is 11.6 Å². The minimum Gasteiger partial charge on any atom is -0.464 e. The molecule has 0 radical (unpaired) electrons. The van der Waals surface area contributed by atoms with E-state index in [1.165, 1.54) is 18.4 Å². The normalized spacial score (nSPS) is 19.7. The van der Waals surface area contributed by atoms with Gasteiger partial charge < -0.3 is 24.3 Å². The zero-order valence-corrected chi connectivity index (χ0v) is 19.4. The number of halogens is 1. The predicted molar refractivity (Wildman–Crippen MR) is 128 cm³/mol. The van der Waals surface area contributed by atoms with Crippen LogP contribution in [-0.2, 0) is 20.8 Å². The van der Waals surface area contributed by atoms with Gasteiger partial charge in [0.1, 0.15) is 11.4 Å². The molecule has 1 aliphatic heterocycles. The lowest BCUT2D eigenvalue weighted by Gasteiger charge is -2.36. The third-order valence-electron chi connectivity index (χ3n) is 6.07. The van der Waals surface area contributed by atoms with Gasteiger partial charge in [0, 0.05) is 37.2 Å². The van der Waals surface area contributed by atoms with E-state index in [9.17, 15) is 19.1 Å². The van der Waals surface area contributed by atoms with Crippen molar-refractivity contribution in [1.82, 2.24) is 5.32 Å². The van der Waals surface area contributed by atoms with Crippen molar-refractivity contribution in [2.75, 3.05) is 13.2 Å². The van der Waals surface area contributed by atoms with Gasteiger partial charge in [-0.15, -0.1) is 0 Å². The molecule has 1 amide bonds. The van der Waals surface area contributed by atoms with Gasteiger partial charge in [-0.05, 0) is 55.7 Å². The first-order valence-electron chi connectivity index (χ1n) is 11.7. The molecule has 0 fully saturated rings. The minimum atomic E-state index is -0.793. The lowest BCUT2D eigenvalue weighted by atomic mass is 9.81. The third-order valence-corrected chi connectivity index (χ3v) is 6.07. The molecule has 0 unspecified atom stereocenters. The first kappa shape index (κ1) is 24.6. The molecule has 2 heterocycles. The van der Waals surface area contributed by atoms with E-state index in [0.717, 1.165) is 5.56 Å². The standard InChI is InChI=1S/C27H28FNO6/c1-2-33-27-19(7-5-13-30)21(22-16-34-23-8-4-3-6-20(23)25(22)31)14-24(35-27)26(32)29-15-17-9-11-18(28)12-10-17/h3-4,6,8-12,14,16,19,21,27,30H,2,5,7,13,15H2,1H3,(H,29,32)/t19-,21-,27+/m1/s1. The first-order chi connectivity index (χ1) is 17.0. The number of hydrogen-bond donors (Lipinski definition) is 2. The number of amides is 1. The molecular formula is C27H28FNO6. The van der Waals surface area contributed by atoms with E-state index in [1.807, 2.05) is 6.92 Å². The molecule has 0 spiro atoms. The molecule has 2 aromatic carbocycles. The van der Waals surface area contributed by atoms with Crippen LogP contribution in [0.25, 0.3) is 11.0 Å². The Morgan fingerprint density at radius 2 is 1.94 bits per heavy atom. The minimum absolute atomic E-state index is 0.0247. The first-order valence-corrected chi connectivity index (χ1v) is 11.7. The number of fused-ring (bicyclic) bond motifs is 1. The maximum atomic E-state index is 13.4. The Balaban J connectivity index is 1.68. The molecule has 3 aromatic rings. The van der Waals surface area contributed by atoms with Gasteiger partial charge in [0.2, 0.25) is 6.29 Å². The number of nitrogens with one attached hydrogen (secondary N) is 1. The molecule has 7 nitrogen and oxygen atoms in total. The van der Waals surface area contributed by atoms with Gasteiger partial charge in [-0.2, -0.15) is 0 Å². The maximum absolute atomic E-state index is 13.4. The molecule has 1 aliphatic rings. The third kappa shape index (κ3) is 5.61. The number of carbonyl (C=O) groups is 1. The second kappa shape index (κ2) is 11.3. The summed E-state index contributed by atoms with van der Waals surface area (Å²) in [7, 11) is 0. The Bertz CT molecular complexity index is 1250. The molecule has 0 saturated carbocycles. The monoisotopic (exact) mass is 481 g/mol. The van der Waals surface area contributed by atoms with E-state index in [0.29, 0.717) is 36.0 Å². The summed E-state index contributed by atoms with van der Waals surface area (Å²) in [5.41, 5.74) is 1.40. The molecule has 0 saturated heterocycles. The topological polar surface area (TPSA) is 98.0 Å². The highest BCUT2D eigenvalue weighted by Gasteiger charge is 2.39. The van der Waals surface area contributed by atoms with E-state index in [1.54, 1.807) is 42.5 Å². The molecule has 35 heavy (non-hydrogen) atoms. The van der Waals surface area contributed by atoms with Crippen LogP contribution in [0, 0.1) is 11.7 Å². The van der Waals surface area contributed by atoms with Crippen LogP contribution in [0.2, 0.25) is 0 Å². The van der Waals surface area contributed by atoms with Crippen LogP contribution < -0.4 is 10.7 Å². The van der Waals surface area contributed by atoms with Crippen LogP contribution >= 0.6 is 0 Å². The Kier molecular flexibility index (Phi) is 7.94. The van der Waals surface area contributed by atoms with Crippen molar-refractivity contribution < 1.29 is 28.2 Å². The molecule has 184 valence electrons. The molecule has 1 aromatic heterocycles. The summed E-state index contributed by atoms with van der Waals surface area (Å²) in [6.45, 7) is 2.31. The van der Waals surface area contributed by atoms with Crippen molar-refractivity contribution in [1.29, 1.82) is 0 Å². The summed E-state index contributed by atoms with van der Waals surface area (Å²) >= 11 is 0. The van der Waals surface area contributed by atoms with Crippen LogP contribution in [0.5, 0.6) is 0 Å². The van der Waals surface area contributed by atoms with E-state index in [4.69, 9.17) is 13.9 Å². The highest BCUT2D eigenvalue weighted by atomic mass is 19.1. The van der Waals surface area contributed by atoms with E-state index >= 15 is 0 Å². The van der Waals surface area contributed by atoms with E-state index < -0.39 is 18.1 Å². The second-order valence-corrected chi connectivity index (χ2v) is 8.35. The number of para-hydroxylation sites is 1. The average Bonchev–Trinajstić information content (AvgIpc) is 2.87. The maximum Gasteiger partial charge on any atom is 0.286 e. The number of ether oxygens (including phenoxy) is 2. The highest BCUT2D eigenvalue weighted by molar-refractivity contribution is 5.91. The number of aliphatic hydroxyl groups excluding tert-OH is 1. The van der Waals surface area contributed by atoms with Crippen molar-refractivity contribution in [3.05, 3.63) is 93.8 Å². The number of hydrogen-bond acceptors (Lipinski definition) is 6. The predicted octanol–water partition coefficient (Wildman–Crippen LogP) is 4.00. The zero-order valence-electron chi connectivity index (χ0n) is 19.4. The van der Waals surface area contributed by atoms with Crippen LogP contribution in [0.15, 0.2) is 75.8 Å². The molecule has 4 rings (SSSR count). The van der Waals surface area contributed by atoms with Gasteiger partial charge in [-0.1, -0.05) is 24.3 Å². The van der Waals surface area contributed by atoms with Gasteiger partial charge in [0.25, 0.3) is 5.91 Å². The van der Waals surface area contributed by atoms with Crippen molar-refractivity contribution in [3.63, 3.8) is 0 Å². The average molecular weight is 482 g/mol. The molecule has 0 bridgehead atoms. The fourth-order valence-electron chi connectivity index (χ4n) is 4.32. The van der Waals surface area contributed by atoms with Gasteiger partial charge in [-0.3, -0.25) is 9.59 Å². The SMILES string of the molecule is CCO[C@H]1OC(C(=O)NCc2ccc(F)cc2)=C[C@@H](c2coc3ccccc3c2=O)[C@H]1CCCO. The number of aliphatic hydroxyl groups is 1. The molecule has 3 atom stereocenters. The Morgan fingerprint density at radius 1 is 1.17 bits per heavy atom. The summed E-state index contributed by atoms with van der Waals surface area (Å²) < 4.78 is 30.7. The number of benzene rings is 2. The van der Waals surface area contributed by atoms with Crippen LogP contribution in [-0.4, -0.2) is 30.5 Å². The number of carbonyl (C=O) groups excluding carboxylic acids is 1. The summed E-state index contributed by atoms with van der Waals surface area (Å²) in [6.07, 6.45) is 3.25. The van der Waals surface area contributed by atoms with Crippen LogP contribution in [0.1, 0.15) is 36.8 Å². The Hall–Kier alpha value is -3.49. The summed E-state index contributed by atoms with van der Waals surface area (Å²) in [5.74, 6) is -1.65. The number of rotatable bonds is 9. The molecule has 2 N–H and O–H groups in total. The lowest BCUT2D eigenvalue weighted by Crippen LogP contribution is -2.40. The van der Waals surface area contributed by atoms with Crippen molar-refractivity contribution >= 4 is 16.9 Å². The summed E-state index contributed by atoms with van der Waals surface area (Å²) in [6, 6.07) is 12.8. The van der Waals surface area contributed by atoms with E-state index in [2.05, 4.69) is 5.32 Å². The van der Waals surface area contributed by atoms with Gasteiger partial charge >= 0.3 is 0 Å². The second-order valence-electron chi connectivity index (χ2n) is 8.35. The Morgan fingerprint density at radius 3 is 2.69 bits per heavy atom. The van der Waals surface area contributed by atoms with Crippen molar-refractivity contribution in [2.45, 2.75) is 38.5 Å². The lowest BCUT2D eigenvalue weighted by molar-refractivity contribution is -0.166. The van der Waals surface area contributed by atoms with Gasteiger partial charge in [-0.25, -0.2) is 4.39 Å². The van der Waals surface area contributed by atoms with Crippen molar-refractivity contribution in [3.8, 4) is 0 Å². The van der Waals surface area contributed by atoms with Crippen LogP contribution in [0.4, 0.5) is 4.39 Å². The fraction of sp³-hybridized carbons (Fsp3) is 0.333. The van der Waals surface area contributed by atoms with Crippen molar-refractivity contribution in [2.24, 2.45) is 5.92 Å². The summed E-state index contributed by atoms with van der Waals surface area (Å²) in [4.78, 5) is 26.4. The molecule has 8 heteroatoms. The smallest absolute Gasteiger partial charge is 0.286 e.